The van der Waals surface area contributed by atoms with Crippen LogP contribution in [0.2, 0.25) is 0 Å². The Kier molecular flexibility index (Phi) is 2.95. The van der Waals surface area contributed by atoms with Crippen LogP contribution < -0.4 is 4.90 Å². The first kappa shape index (κ1) is 10.7. The predicted molar refractivity (Wildman–Crippen MR) is 65.3 cm³/mol. The Hall–Kier alpha value is -1.76. The van der Waals surface area contributed by atoms with Crippen molar-refractivity contribution in [3.8, 4) is 0 Å². The SMILES string of the molecule is O=[N+]([O-])c1ccc(N2C=NC(Br)=NC2)cc1. The largest absolute Gasteiger partial charge is 0.312 e. The third-order valence-corrected chi connectivity index (χ3v) is 2.50. The molecule has 0 atom stereocenters. The maximum atomic E-state index is 10.5. The first-order valence-electron chi connectivity index (χ1n) is 4.42. The van der Waals surface area contributed by atoms with E-state index in [1.54, 1.807) is 23.4 Å². The summed E-state index contributed by atoms with van der Waals surface area (Å²) in [7, 11) is 0. The Labute approximate surface area is 99.6 Å². The van der Waals surface area contributed by atoms with Crippen molar-refractivity contribution in [2.24, 2.45) is 9.98 Å². The normalized spacial score (nSPS) is 14.8. The Balaban J connectivity index is 2.17. The highest BCUT2D eigenvalue weighted by Crippen LogP contribution is 2.19. The quantitative estimate of drug-likeness (QED) is 0.474. The van der Waals surface area contributed by atoms with Crippen LogP contribution in [0.4, 0.5) is 11.4 Å². The lowest BCUT2D eigenvalue weighted by Gasteiger charge is -2.19. The number of aliphatic imine (C=N–C) groups is 2. The van der Waals surface area contributed by atoms with Crippen molar-refractivity contribution in [2.45, 2.75) is 0 Å². The van der Waals surface area contributed by atoms with Gasteiger partial charge in [0.15, 0.2) is 4.74 Å². The van der Waals surface area contributed by atoms with Crippen LogP contribution in [0.5, 0.6) is 0 Å². The molecule has 2 rings (SSSR count). The molecule has 1 aromatic carbocycles. The first-order chi connectivity index (χ1) is 7.66. The Morgan fingerprint density at radius 3 is 2.56 bits per heavy atom. The number of anilines is 1. The summed E-state index contributed by atoms with van der Waals surface area (Å²) in [5.74, 6) is 0. The van der Waals surface area contributed by atoms with Crippen molar-refractivity contribution >= 4 is 38.4 Å². The maximum Gasteiger partial charge on any atom is 0.269 e. The third-order valence-electron chi connectivity index (χ3n) is 2.05. The van der Waals surface area contributed by atoms with E-state index in [9.17, 15) is 10.1 Å². The molecular formula is C9H7BrN4O2. The average molecular weight is 283 g/mol. The number of hydrogen-bond acceptors (Lipinski definition) is 5. The van der Waals surface area contributed by atoms with Crippen LogP contribution in [0.1, 0.15) is 0 Å². The van der Waals surface area contributed by atoms with E-state index >= 15 is 0 Å². The van der Waals surface area contributed by atoms with Crippen LogP contribution in [-0.4, -0.2) is 22.7 Å². The molecule has 0 saturated carbocycles. The molecule has 0 aromatic heterocycles. The van der Waals surface area contributed by atoms with E-state index in [4.69, 9.17) is 0 Å². The number of hydrogen-bond donors (Lipinski definition) is 0. The van der Waals surface area contributed by atoms with Crippen molar-refractivity contribution in [1.29, 1.82) is 0 Å². The van der Waals surface area contributed by atoms with Gasteiger partial charge < -0.3 is 4.90 Å². The van der Waals surface area contributed by atoms with Gasteiger partial charge in [-0.3, -0.25) is 10.1 Å². The smallest absolute Gasteiger partial charge is 0.269 e. The van der Waals surface area contributed by atoms with Gasteiger partial charge in [0, 0.05) is 17.8 Å². The minimum absolute atomic E-state index is 0.0716. The monoisotopic (exact) mass is 282 g/mol. The number of nitro benzene ring substituents is 1. The van der Waals surface area contributed by atoms with Gasteiger partial charge in [0.2, 0.25) is 0 Å². The van der Waals surface area contributed by atoms with E-state index in [0.29, 0.717) is 11.4 Å². The molecule has 0 saturated heterocycles. The van der Waals surface area contributed by atoms with Gasteiger partial charge in [0.05, 0.1) is 11.3 Å². The van der Waals surface area contributed by atoms with Crippen molar-refractivity contribution in [1.82, 2.24) is 0 Å². The zero-order chi connectivity index (χ0) is 11.5. The van der Waals surface area contributed by atoms with Gasteiger partial charge in [-0.05, 0) is 28.1 Å². The standard InChI is InChI=1S/C9H7BrN4O2/c10-9-11-5-13(6-12-9)7-1-3-8(4-2-7)14(15)16/h1-5H,6H2. The minimum Gasteiger partial charge on any atom is -0.312 e. The van der Waals surface area contributed by atoms with Crippen LogP contribution >= 0.6 is 15.9 Å². The zero-order valence-electron chi connectivity index (χ0n) is 8.08. The van der Waals surface area contributed by atoms with Gasteiger partial charge in [-0.15, -0.1) is 0 Å². The van der Waals surface area contributed by atoms with Crippen LogP contribution in [0.15, 0.2) is 34.3 Å². The minimum atomic E-state index is -0.428. The molecule has 0 N–H and O–H groups in total. The number of rotatable bonds is 2. The highest BCUT2D eigenvalue weighted by atomic mass is 79.9. The molecule has 1 aliphatic rings. The van der Waals surface area contributed by atoms with Crippen molar-refractivity contribution in [2.75, 3.05) is 11.6 Å². The summed E-state index contributed by atoms with van der Waals surface area (Å²) < 4.78 is 0.547. The number of non-ortho nitro benzene ring substituents is 1. The second-order valence-electron chi connectivity index (χ2n) is 3.06. The van der Waals surface area contributed by atoms with E-state index in [1.165, 1.54) is 12.1 Å². The van der Waals surface area contributed by atoms with E-state index in [2.05, 4.69) is 25.9 Å². The maximum absolute atomic E-state index is 10.5. The van der Waals surface area contributed by atoms with Gasteiger partial charge >= 0.3 is 0 Å². The highest BCUT2D eigenvalue weighted by molar-refractivity contribution is 9.18. The molecule has 1 heterocycles. The molecule has 0 aliphatic carbocycles. The number of amidine groups is 1. The van der Waals surface area contributed by atoms with E-state index in [-0.39, 0.29) is 5.69 Å². The van der Waals surface area contributed by atoms with Gasteiger partial charge in [0.1, 0.15) is 6.67 Å². The lowest BCUT2D eigenvalue weighted by atomic mass is 10.2. The Bertz CT molecular complexity index is 469. The summed E-state index contributed by atoms with van der Waals surface area (Å²) in [5.41, 5.74) is 0.889. The van der Waals surface area contributed by atoms with E-state index in [1.807, 2.05) is 0 Å². The topological polar surface area (TPSA) is 71.1 Å². The summed E-state index contributed by atoms with van der Waals surface area (Å²) in [4.78, 5) is 19.9. The second kappa shape index (κ2) is 4.40. The number of nitrogens with zero attached hydrogens (tertiary/aromatic N) is 4. The highest BCUT2D eigenvalue weighted by Gasteiger charge is 2.10. The fourth-order valence-electron chi connectivity index (χ4n) is 1.24. The van der Waals surface area contributed by atoms with Gasteiger partial charge in [-0.25, -0.2) is 9.98 Å². The average Bonchev–Trinajstić information content (AvgIpc) is 2.30. The molecule has 0 amide bonds. The third kappa shape index (κ3) is 2.25. The molecule has 1 aromatic rings. The van der Waals surface area contributed by atoms with Crippen LogP contribution in [0, 0.1) is 10.1 Å². The van der Waals surface area contributed by atoms with Gasteiger partial charge in [0.25, 0.3) is 5.69 Å². The van der Waals surface area contributed by atoms with Crippen molar-refractivity contribution in [3.63, 3.8) is 0 Å². The fourth-order valence-corrected chi connectivity index (χ4v) is 1.45. The second-order valence-corrected chi connectivity index (χ2v) is 3.77. The molecule has 0 spiro atoms. The number of nitro groups is 1. The Morgan fingerprint density at radius 2 is 2.06 bits per heavy atom. The summed E-state index contributed by atoms with van der Waals surface area (Å²) in [6, 6.07) is 6.24. The van der Waals surface area contributed by atoms with E-state index in [0.717, 1.165) is 5.69 Å². The molecule has 0 radical (unpaired) electrons. The van der Waals surface area contributed by atoms with Crippen LogP contribution in [0.25, 0.3) is 0 Å². The van der Waals surface area contributed by atoms with E-state index < -0.39 is 4.92 Å². The molecular weight excluding hydrogens is 276 g/mol. The van der Waals surface area contributed by atoms with Gasteiger partial charge in [-0.1, -0.05) is 0 Å². The van der Waals surface area contributed by atoms with Crippen molar-refractivity contribution < 1.29 is 4.92 Å². The van der Waals surface area contributed by atoms with Gasteiger partial charge in [-0.2, -0.15) is 0 Å². The molecule has 1 aliphatic heterocycles. The molecule has 0 bridgehead atoms. The molecule has 0 unspecified atom stereocenters. The lowest BCUT2D eigenvalue weighted by Crippen LogP contribution is -2.24. The van der Waals surface area contributed by atoms with Crippen LogP contribution in [0.3, 0.4) is 0 Å². The number of benzene rings is 1. The fraction of sp³-hybridized carbons (Fsp3) is 0.111. The van der Waals surface area contributed by atoms with Crippen molar-refractivity contribution in [3.05, 3.63) is 34.4 Å². The summed E-state index contributed by atoms with van der Waals surface area (Å²) in [5, 5.41) is 10.5. The summed E-state index contributed by atoms with van der Waals surface area (Å²) in [6.07, 6.45) is 1.62. The molecule has 16 heavy (non-hydrogen) atoms. The summed E-state index contributed by atoms with van der Waals surface area (Å²) in [6.45, 7) is 0.446. The molecule has 7 heteroatoms. The van der Waals surface area contributed by atoms with Crippen LogP contribution in [-0.2, 0) is 0 Å². The summed E-state index contributed by atoms with van der Waals surface area (Å²) >= 11 is 3.16. The molecule has 6 nitrogen and oxygen atoms in total. The predicted octanol–water partition coefficient (Wildman–Crippen LogP) is 2.15. The molecule has 82 valence electrons. The Morgan fingerprint density at radius 1 is 1.38 bits per heavy atom. The first-order valence-corrected chi connectivity index (χ1v) is 5.21. The molecule has 0 fully saturated rings. The lowest BCUT2D eigenvalue weighted by molar-refractivity contribution is -0.384. The zero-order valence-corrected chi connectivity index (χ0v) is 9.66. The number of halogens is 1.